The zero-order valence-corrected chi connectivity index (χ0v) is 14.2. The third kappa shape index (κ3) is 3.68. The van der Waals surface area contributed by atoms with Gasteiger partial charge in [0, 0.05) is 18.3 Å². The Morgan fingerprint density at radius 1 is 1.35 bits per heavy atom. The highest BCUT2D eigenvalue weighted by molar-refractivity contribution is 6.42. The van der Waals surface area contributed by atoms with E-state index in [0.717, 1.165) is 25.1 Å². The summed E-state index contributed by atoms with van der Waals surface area (Å²) < 4.78 is 1.61. The van der Waals surface area contributed by atoms with Gasteiger partial charge in [0.15, 0.2) is 5.69 Å². The van der Waals surface area contributed by atoms with Crippen LogP contribution in [0.3, 0.4) is 0 Å². The number of nitrogens with zero attached hydrogens (tertiary/aromatic N) is 2. The van der Waals surface area contributed by atoms with Gasteiger partial charge in [0.1, 0.15) is 0 Å². The number of carbonyl (C=O) groups excluding carboxylic acids is 1. The topological polar surface area (TPSA) is 58.9 Å². The molecule has 2 unspecified atom stereocenters. The van der Waals surface area contributed by atoms with Crippen LogP contribution in [0.5, 0.6) is 0 Å². The van der Waals surface area contributed by atoms with Gasteiger partial charge < -0.3 is 10.6 Å². The van der Waals surface area contributed by atoms with Gasteiger partial charge >= 0.3 is 0 Å². The molecule has 1 amide bonds. The van der Waals surface area contributed by atoms with Gasteiger partial charge in [-0.3, -0.25) is 4.79 Å². The molecule has 23 heavy (non-hydrogen) atoms. The molecule has 122 valence electrons. The van der Waals surface area contributed by atoms with Crippen LogP contribution in [0.4, 0.5) is 0 Å². The highest BCUT2D eigenvalue weighted by atomic mass is 35.5. The molecule has 0 saturated carbocycles. The molecule has 2 aromatic rings. The molecule has 0 aliphatic carbocycles. The molecule has 1 aromatic carbocycles. The van der Waals surface area contributed by atoms with E-state index in [4.69, 9.17) is 23.2 Å². The molecule has 5 nitrogen and oxygen atoms in total. The number of rotatable bonds is 3. The van der Waals surface area contributed by atoms with Gasteiger partial charge in [-0.25, -0.2) is 4.68 Å². The van der Waals surface area contributed by atoms with Crippen molar-refractivity contribution in [2.24, 2.45) is 0 Å². The van der Waals surface area contributed by atoms with Crippen LogP contribution in [0, 0.1) is 0 Å². The second-order valence-electron chi connectivity index (χ2n) is 5.71. The molecule has 2 N–H and O–H groups in total. The maximum absolute atomic E-state index is 12.4. The van der Waals surface area contributed by atoms with Crippen molar-refractivity contribution in [3.05, 3.63) is 46.2 Å². The van der Waals surface area contributed by atoms with Gasteiger partial charge in [-0.1, -0.05) is 23.2 Å². The van der Waals surface area contributed by atoms with Gasteiger partial charge in [-0.05, 0) is 50.6 Å². The normalized spacial score (nSPS) is 21.2. The van der Waals surface area contributed by atoms with E-state index in [1.807, 2.05) is 0 Å². The molecule has 2 heterocycles. The minimum absolute atomic E-state index is 0.131. The zero-order chi connectivity index (χ0) is 16.4. The number of hydrogen-bond donors (Lipinski definition) is 2. The van der Waals surface area contributed by atoms with Crippen molar-refractivity contribution < 1.29 is 4.79 Å². The summed E-state index contributed by atoms with van der Waals surface area (Å²) in [5.41, 5.74) is 1.14. The Balaban J connectivity index is 1.73. The van der Waals surface area contributed by atoms with Crippen LogP contribution in [0.25, 0.3) is 5.69 Å². The molecule has 1 saturated heterocycles. The standard InChI is InChI=1S/C16H18Cl2N4O/c1-10-14(3-2-7-19-10)20-16(23)15-6-8-22(21-15)11-4-5-12(17)13(18)9-11/h4-6,8-10,14,19H,2-3,7H2,1H3,(H,20,23). The fourth-order valence-electron chi connectivity index (χ4n) is 2.70. The Kier molecular flexibility index (Phi) is 4.90. The third-order valence-corrected chi connectivity index (χ3v) is 4.81. The Morgan fingerprint density at radius 2 is 2.17 bits per heavy atom. The summed E-state index contributed by atoms with van der Waals surface area (Å²) >= 11 is 11.9. The SMILES string of the molecule is CC1NCCCC1NC(=O)c1ccn(-c2ccc(Cl)c(Cl)c2)n1. The maximum Gasteiger partial charge on any atom is 0.272 e. The molecule has 1 fully saturated rings. The van der Waals surface area contributed by atoms with E-state index in [1.165, 1.54) is 0 Å². The van der Waals surface area contributed by atoms with Crippen LogP contribution in [0.2, 0.25) is 10.0 Å². The fraction of sp³-hybridized carbons (Fsp3) is 0.375. The average Bonchev–Trinajstić information content (AvgIpc) is 3.02. The van der Waals surface area contributed by atoms with Crippen molar-refractivity contribution in [2.75, 3.05) is 6.54 Å². The van der Waals surface area contributed by atoms with Crippen molar-refractivity contribution >= 4 is 29.1 Å². The minimum atomic E-state index is -0.163. The second kappa shape index (κ2) is 6.91. The lowest BCUT2D eigenvalue weighted by atomic mass is 10.00. The van der Waals surface area contributed by atoms with Gasteiger partial charge in [-0.15, -0.1) is 0 Å². The van der Waals surface area contributed by atoms with E-state index in [-0.39, 0.29) is 18.0 Å². The molecule has 3 rings (SSSR count). The molecule has 1 aliphatic rings. The summed E-state index contributed by atoms with van der Waals surface area (Å²) in [6.07, 6.45) is 3.78. The molecule has 1 aromatic heterocycles. The molecule has 1 aliphatic heterocycles. The molecule has 0 spiro atoms. The van der Waals surface area contributed by atoms with Crippen molar-refractivity contribution in [3.63, 3.8) is 0 Å². The minimum Gasteiger partial charge on any atom is -0.346 e. The Bertz CT molecular complexity index is 716. The predicted octanol–water partition coefficient (Wildman–Crippen LogP) is 3.05. The van der Waals surface area contributed by atoms with Crippen LogP contribution < -0.4 is 10.6 Å². The van der Waals surface area contributed by atoms with E-state index in [1.54, 1.807) is 35.1 Å². The molecule has 0 radical (unpaired) electrons. The number of halogens is 2. The summed E-state index contributed by atoms with van der Waals surface area (Å²) in [5.74, 6) is -0.163. The number of nitrogens with one attached hydrogen (secondary N) is 2. The first-order chi connectivity index (χ1) is 11.0. The van der Waals surface area contributed by atoms with E-state index >= 15 is 0 Å². The van der Waals surface area contributed by atoms with Crippen molar-refractivity contribution in [1.82, 2.24) is 20.4 Å². The van der Waals surface area contributed by atoms with Crippen LogP contribution in [-0.4, -0.2) is 34.3 Å². The van der Waals surface area contributed by atoms with E-state index in [0.29, 0.717) is 15.7 Å². The summed E-state index contributed by atoms with van der Waals surface area (Å²) in [6, 6.07) is 7.31. The van der Waals surface area contributed by atoms with E-state index in [9.17, 15) is 4.79 Å². The highest BCUT2D eigenvalue weighted by Crippen LogP contribution is 2.24. The Labute approximate surface area is 145 Å². The number of benzene rings is 1. The van der Waals surface area contributed by atoms with E-state index in [2.05, 4.69) is 22.7 Å². The molecule has 7 heteroatoms. The zero-order valence-electron chi connectivity index (χ0n) is 12.7. The van der Waals surface area contributed by atoms with Gasteiger partial charge in [0.05, 0.1) is 15.7 Å². The first kappa shape index (κ1) is 16.3. The monoisotopic (exact) mass is 352 g/mol. The summed E-state index contributed by atoms with van der Waals surface area (Å²) in [7, 11) is 0. The molecular weight excluding hydrogens is 335 g/mol. The lowest BCUT2D eigenvalue weighted by Gasteiger charge is -2.30. The molecular formula is C16H18Cl2N4O. The average molecular weight is 353 g/mol. The highest BCUT2D eigenvalue weighted by Gasteiger charge is 2.23. The number of piperidine rings is 1. The first-order valence-corrected chi connectivity index (χ1v) is 8.35. The lowest BCUT2D eigenvalue weighted by molar-refractivity contribution is 0.0914. The third-order valence-electron chi connectivity index (χ3n) is 4.07. The molecule has 0 bridgehead atoms. The van der Waals surface area contributed by atoms with Gasteiger partial charge in [0.2, 0.25) is 0 Å². The van der Waals surface area contributed by atoms with E-state index < -0.39 is 0 Å². The fourth-order valence-corrected chi connectivity index (χ4v) is 2.99. The van der Waals surface area contributed by atoms with Crippen LogP contribution in [0.15, 0.2) is 30.5 Å². The number of carbonyl (C=O) groups is 1. The largest absolute Gasteiger partial charge is 0.346 e. The quantitative estimate of drug-likeness (QED) is 0.892. The Hall–Kier alpha value is -1.56. The lowest BCUT2D eigenvalue weighted by Crippen LogP contribution is -2.52. The van der Waals surface area contributed by atoms with Gasteiger partial charge in [0.25, 0.3) is 5.91 Å². The van der Waals surface area contributed by atoms with Crippen molar-refractivity contribution in [3.8, 4) is 5.69 Å². The van der Waals surface area contributed by atoms with Crippen molar-refractivity contribution in [1.29, 1.82) is 0 Å². The van der Waals surface area contributed by atoms with Gasteiger partial charge in [-0.2, -0.15) is 5.10 Å². The maximum atomic E-state index is 12.4. The van der Waals surface area contributed by atoms with Crippen molar-refractivity contribution in [2.45, 2.75) is 31.8 Å². The number of amides is 1. The first-order valence-electron chi connectivity index (χ1n) is 7.60. The number of hydrogen-bond acceptors (Lipinski definition) is 3. The smallest absolute Gasteiger partial charge is 0.272 e. The summed E-state index contributed by atoms with van der Waals surface area (Å²) in [6.45, 7) is 3.08. The predicted molar refractivity (Wildman–Crippen MR) is 91.5 cm³/mol. The van der Waals surface area contributed by atoms with Crippen LogP contribution in [-0.2, 0) is 0 Å². The van der Waals surface area contributed by atoms with Crippen LogP contribution in [0.1, 0.15) is 30.3 Å². The molecule has 2 atom stereocenters. The summed E-state index contributed by atoms with van der Waals surface area (Å²) in [5, 5.41) is 11.7. The Morgan fingerprint density at radius 3 is 2.91 bits per heavy atom. The number of aromatic nitrogens is 2. The van der Waals surface area contributed by atoms with Crippen LogP contribution >= 0.6 is 23.2 Å². The summed E-state index contributed by atoms with van der Waals surface area (Å²) in [4.78, 5) is 12.4. The second-order valence-corrected chi connectivity index (χ2v) is 6.52.